The van der Waals surface area contributed by atoms with E-state index in [2.05, 4.69) is 10.3 Å². The van der Waals surface area contributed by atoms with Crippen molar-refractivity contribution in [3.63, 3.8) is 0 Å². The van der Waals surface area contributed by atoms with Crippen molar-refractivity contribution >= 4 is 22.6 Å². The number of ether oxygens (including phenoxy) is 1. The highest BCUT2D eigenvalue weighted by Gasteiger charge is 2.18. The number of thioether (sulfide) groups is 1. The van der Waals surface area contributed by atoms with Crippen molar-refractivity contribution < 1.29 is 19.3 Å². The minimum absolute atomic E-state index is 0.112. The molecule has 0 spiro atoms. The Balaban J connectivity index is 1.82. The zero-order valence-corrected chi connectivity index (χ0v) is 17.6. The molecule has 0 saturated heterocycles. The molecule has 0 aliphatic rings. The first-order chi connectivity index (χ1) is 14.5. The van der Waals surface area contributed by atoms with Crippen molar-refractivity contribution in [2.75, 3.05) is 18.5 Å². The minimum Gasteiger partial charge on any atom is -0.494 e. The second-order valence-electron chi connectivity index (χ2n) is 6.39. The molecule has 0 atom stereocenters. The van der Waals surface area contributed by atoms with Gasteiger partial charge in [0.25, 0.3) is 0 Å². The van der Waals surface area contributed by atoms with E-state index in [0.29, 0.717) is 34.6 Å². The third-order valence-electron chi connectivity index (χ3n) is 4.07. The van der Waals surface area contributed by atoms with Crippen LogP contribution in [0.2, 0.25) is 0 Å². The second-order valence-corrected chi connectivity index (χ2v) is 7.42. The molecular weight excluding hydrogens is 405 g/mol. The number of nitrogens with zero attached hydrogens (tertiary/aromatic N) is 2. The van der Waals surface area contributed by atoms with Crippen LogP contribution in [0, 0.1) is 5.82 Å². The quantitative estimate of drug-likeness (QED) is 0.266. The van der Waals surface area contributed by atoms with Crippen LogP contribution in [-0.2, 0) is 0 Å². The standard InChI is InChI=1S/C22H24FN3O3S/c1-3-12-29-18-10-8-17(9-11-18)26-20(27)14-19(21(26)28)30-22(24-4-2)25-16-7-5-6-15(23)13-16/h5-11,13-14,27-28H,3-4,12H2,1-2H3,(H,24,25). The molecule has 1 heterocycles. The van der Waals surface area contributed by atoms with Gasteiger partial charge in [0.2, 0.25) is 5.88 Å². The van der Waals surface area contributed by atoms with E-state index in [0.717, 1.165) is 23.9 Å². The third-order valence-corrected chi connectivity index (χ3v) is 5.02. The molecule has 0 aliphatic carbocycles. The van der Waals surface area contributed by atoms with E-state index in [1.54, 1.807) is 36.4 Å². The smallest absolute Gasteiger partial charge is 0.213 e. The van der Waals surface area contributed by atoms with E-state index in [9.17, 15) is 14.6 Å². The van der Waals surface area contributed by atoms with Gasteiger partial charge in [0.05, 0.1) is 17.2 Å². The van der Waals surface area contributed by atoms with Crippen LogP contribution in [0.1, 0.15) is 20.3 Å². The Morgan fingerprint density at radius 1 is 1.13 bits per heavy atom. The first-order valence-electron chi connectivity index (χ1n) is 9.63. The van der Waals surface area contributed by atoms with Crippen molar-refractivity contribution in [3.8, 4) is 23.2 Å². The van der Waals surface area contributed by atoms with Crippen LogP contribution in [0.4, 0.5) is 10.1 Å². The minimum atomic E-state index is -0.362. The van der Waals surface area contributed by atoms with E-state index >= 15 is 0 Å². The Morgan fingerprint density at radius 2 is 1.90 bits per heavy atom. The summed E-state index contributed by atoms with van der Waals surface area (Å²) in [5.74, 6) is 0.125. The van der Waals surface area contributed by atoms with E-state index in [1.807, 2.05) is 13.8 Å². The Hall–Kier alpha value is -3.13. The first-order valence-corrected chi connectivity index (χ1v) is 10.4. The Kier molecular flexibility index (Phi) is 7.24. The molecular formula is C22H24FN3O3S. The molecule has 0 aliphatic heterocycles. The summed E-state index contributed by atoms with van der Waals surface area (Å²) >= 11 is 1.15. The van der Waals surface area contributed by atoms with Crippen LogP contribution in [0.3, 0.4) is 0 Å². The first kappa shape index (κ1) is 21.6. The zero-order chi connectivity index (χ0) is 21.5. The summed E-state index contributed by atoms with van der Waals surface area (Å²) in [6, 6.07) is 14.6. The molecule has 8 heteroatoms. The van der Waals surface area contributed by atoms with Gasteiger partial charge in [0.1, 0.15) is 11.6 Å². The molecule has 0 unspecified atom stereocenters. The maximum absolute atomic E-state index is 13.5. The molecule has 0 amide bonds. The molecule has 3 rings (SSSR count). The van der Waals surface area contributed by atoms with Crippen LogP contribution < -0.4 is 10.1 Å². The Bertz CT molecular complexity index is 1020. The molecule has 0 bridgehead atoms. The third kappa shape index (κ3) is 5.27. The van der Waals surface area contributed by atoms with Gasteiger partial charge in [0, 0.05) is 18.3 Å². The Labute approximate surface area is 179 Å². The highest BCUT2D eigenvalue weighted by molar-refractivity contribution is 8.14. The lowest BCUT2D eigenvalue weighted by molar-refractivity contribution is 0.317. The number of halogens is 1. The zero-order valence-electron chi connectivity index (χ0n) is 16.8. The van der Waals surface area contributed by atoms with Gasteiger partial charge in [-0.3, -0.25) is 9.56 Å². The average molecular weight is 430 g/mol. The summed E-state index contributed by atoms with van der Waals surface area (Å²) in [7, 11) is 0. The molecule has 3 aromatic rings. The number of hydrogen-bond acceptors (Lipinski definition) is 5. The molecule has 0 saturated carbocycles. The van der Waals surface area contributed by atoms with Gasteiger partial charge in [-0.05, 0) is 67.6 Å². The lowest BCUT2D eigenvalue weighted by atomic mass is 10.3. The van der Waals surface area contributed by atoms with Gasteiger partial charge in [0.15, 0.2) is 11.0 Å². The molecule has 0 fully saturated rings. The van der Waals surface area contributed by atoms with Gasteiger partial charge in [-0.15, -0.1) is 0 Å². The summed E-state index contributed by atoms with van der Waals surface area (Å²) in [6.07, 6.45) is 0.910. The number of amidine groups is 1. The monoisotopic (exact) mass is 429 g/mol. The number of aliphatic imine (C=N–C) groups is 1. The van der Waals surface area contributed by atoms with Crippen molar-refractivity contribution in [1.29, 1.82) is 0 Å². The largest absolute Gasteiger partial charge is 0.494 e. The summed E-state index contributed by atoms with van der Waals surface area (Å²) < 4.78 is 20.4. The van der Waals surface area contributed by atoms with Crippen LogP contribution in [0.15, 0.2) is 64.5 Å². The number of anilines is 1. The summed E-state index contributed by atoms with van der Waals surface area (Å²) in [6.45, 7) is 5.02. The van der Waals surface area contributed by atoms with Crippen molar-refractivity contribution in [3.05, 3.63) is 60.4 Å². The molecule has 2 aromatic carbocycles. The van der Waals surface area contributed by atoms with Crippen molar-refractivity contribution in [1.82, 2.24) is 4.57 Å². The number of aromatic nitrogens is 1. The summed E-state index contributed by atoms with van der Waals surface area (Å²) in [5.41, 5.74) is 1.13. The fourth-order valence-corrected chi connectivity index (χ4v) is 3.66. The average Bonchev–Trinajstić information content (AvgIpc) is 3.00. The van der Waals surface area contributed by atoms with Gasteiger partial charge in [-0.2, -0.15) is 0 Å². The topological polar surface area (TPSA) is 79.0 Å². The molecule has 3 N–H and O–H groups in total. The van der Waals surface area contributed by atoms with Gasteiger partial charge >= 0.3 is 0 Å². The maximum Gasteiger partial charge on any atom is 0.213 e. The fourth-order valence-electron chi connectivity index (χ4n) is 2.74. The molecule has 158 valence electrons. The second kappa shape index (κ2) is 10.1. The molecule has 0 radical (unpaired) electrons. The lowest BCUT2D eigenvalue weighted by Crippen LogP contribution is -2.08. The predicted octanol–water partition coefficient (Wildman–Crippen LogP) is 5.40. The van der Waals surface area contributed by atoms with Crippen molar-refractivity contribution in [2.24, 2.45) is 4.99 Å². The molecule has 1 aromatic heterocycles. The number of hydrogen-bond donors (Lipinski definition) is 3. The molecule has 6 nitrogen and oxygen atoms in total. The SMILES string of the molecule is CCCOc1ccc(-n2c(O)cc(SC(=NCC)Nc3cccc(F)c3)c2O)cc1. The predicted molar refractivity (Wildman–Crippen MR) is 119 cm³/mol. The van der Waals surface area contributed by atoms with Gasteiger partial charge in [-0.25, -0.2) is 4.39 Å². The van der Waals surface area contributed by atoms with Crippen LogP contribution in [-0.4, -0.2) is 33.1 Å². The molecule has 30 heavy (non-hydrogen) atoms. The highest BCUT2D eigenvalue weighted by atomic mass is 32.2. The number of aromatic hydroxyl groups is 2. The Morgan fingerprint density at radius 3 is 2.57 bits per heavy atom. The number of benzene rings is 2. The van der Waals surface area contributed by atoms with Crippen LogP contribution >= 0.6 is 11.8 Å². The van der Waals surface area contributed by atoms with Crippen LogP contribution in [0.5, 0.6) is 17.5 Å². The number of nitrogens with one attached hydrogen (secondary N) is 1. The number of rotatable bonds is 7. The normalized spacial score (nSPS) is 11.5. The van der Waals surface area contributed by atoms with Crippen molar-refractivity contribution in [2.45, 2.75) is 25.2 Å². The van der Waals surface area contributed by atoms with Gasteiger partial charge in [-0.1, -0.05) is 13.0 Å². The summed E-state index contributed by atoms with van der Waals surface area (Å²) in [5, 5.41) is 24.6. The highest BCUT2D eigenvalue weighted by Crippen LogP contribution is 2.39. The van der Waals surface area contributed by atoms with E-state index in [-0.39, 0.29) is 17.6 Å². The van der Waals surface area contributed by atoms with E-state index < -0.39 is 0 Å². The van der Waals surface area contributed by atoms with Gasteiger partial charge < -0.3 is 20.3 Å². The maximum atomic E-state index is 13.5. The van der Waals surface area contributed by atoms with E-state index in [4.69, 9.17) is 4.74 Å². The summed E-state index contributed by atoms with van der Waals surface area (Å²) in [4.78, 5) is 4.78. The van der Waals surface area contributed by atoms with Crippen LogP contribution in [0.25, 0.3) is 5.69 Å². The lowest BCUT2D eigenvalue weighted by Gasteiger charge is -2.10. The fraction of sp³-hybridized carbons (Fsp3) is 0.227. The van der Waals surface area contributed by atoms with E-state index in [1.165, 1.54) is 22.8 Å².